The molecule has 0 atom stereocenters. The first-order chi connectivity index (χ1) is 15.3. The highest BCUT2D eigenvalue weighted by molar-refractivity contribution is 7.22. The molecule has 0 radical (unpaired) electrons. The minimum absolute atomic E-state index is 0. The van der Waals surface area contributed by atoms with E-state index in [1.807, 2.05) is 27.8 Å². The van der Waals surface area contributed by atoms with E-state index < -0.39 is 0 Å². The van der Waals surface area contributed by atoms with Crippen LogP contribution in [0.4, 0.5) is 5.13 Å². The number of nitrogens with zero attached hydrogens (tertiary/aromatic N) is 4. The van der Waals surface area contributed by atoms with E-state index >= 15 is 0 Å². The molecule has 174 valence electrons. The number of halogens is 1. The molecule has 7 heteroatoms. The molecule has 0 N–H and O–H groups in total. The number of benzene rings is 2. The Morgan fingerprint density at radius 3 is 2.52 bits per heavy atom. The van der Waals surface area contributed by atoms with Gasteiger partial charge >= 0.3 is 0 Å². The second-order valence-electron chi connectivity index (χ2n) is 9.09. The summed E-state index contributed by atoms with van der Waals surface area (Å²) in [6.45, 7) is 10.1. The maximum atomic E-state index is 13.6. The third kappa shape index (κ3) is 5.81. The third-order valence-corrected chi connectivity index (χ3v) is 6.72. The molecular formula is C26H31ClN4OS. The zero-order valence-electron chi connectivity index (χ0n) is 19.6. The van der Waals surface area contributed by atoms with E-state index in [-0.39, 0.29) is 23.7 Å². The molecule has 2 aromatic carbocycles. The van der Waals surface area contributed by atoms with Crippen LogP contribution in [-0.2, 0) is 18.4 Å². The summed E-state index contributed by atoms with van der Waals surface area (Å²) in [5.74, 6) is -0.00846. The Hall–Kier alpha value is -2.70. The molecule has 0 bridgehead atoms. The number of hydrogen-bond donors (Lipinski definition) is 0. The number of anilines is 1. The maximum absolute atomic E-state index is 13.6. The van der Waals surface area contributed by atoms with Crippen LogP contribution < -0.4 is 4.90 Å². The highest BCUT2D eigenvalue weighted by Crippen LogP contribution is 2.31. The molecule has 5 nitrogen and oxygen atoms in total. The van der Waals surface area contributed by atoms with E-state index in [0.717, 1.165) is 34.7 Å². The highest BCUT2D eigenvalue weighted by Gasteiger charge is 2.22. The summed E-state index contributed by atoms with van der Waals surface area (Å²) in [4.78, 5) is 24.3. The van der Waals surface area contributed by atoms with Crippen LogP contribution in [0, 0.1) is 0 Å². The third-order valence-electron chi connectivity index (χ3n) is 5.68. The summed E-state index contributed by atoms with van der Waals surface area (Å²) in [5, 5.41) is 0.754. The van der Waals surface area contributed by atoms with E-state index in [9.17, 15) is 4.79 Å². The van der Waals surface area contributed by atoms with Gasteiger partial charge in [0, 0.05) is 31.0 Å². The lowest BCUT2D eigenvalue weighted by Crippen LogP contribution is -2.32. The van der Waals surface area contributed by atoms with Crippen molar-refractivity contribution in [2.75, 3.05) is 11.4 Å². The van der Waals surface area contributed by atoms with Crippen LogP contribution in [0.5, 0.6) is 0 Å². The number of aromatic nitrogens is 3. The minimum Gasteiger partial charge on any atom is -0.337 e. The fourth-order valence-electron chi connectivity index (χ4n) is 3.68. The fraction of sp³-hybridized carbons (Fsp3) is 0.346. The topological polar surface area (TPSA) is 51.0 Å². The second-order valence-corrected chi connectivity index (χ2v) is 10.1. The number of hydrogen-bond acceptors (Lipinski definition) is 4. The smallest absolute Gasteiger partial charge is 0.260 e. The van der Waals surface area contributed by atoms with Crippen molar-refractivity contribution in [3.63, 3.8) is 0 Å². The van der Waals surface area contributed by atoms with Crippen LogP contribution >= 0.6 is 23.7 Å². The summed E-state index contributed by atoms with van der Waals surface area (Å²) in [6, 6.07) is 14.3. The predicted molar refractivity (Wildman–Crippen MR) is 140 cm³/mol. The molecule has 0 aliphatic carbocycles. The zero-order chi connectivity index (χ0) is 22.7. The normalized spacial score (nSPS) is 11.4. The van der Waals surface area contributed by atoms with Crippen molar-refractivity contribution < 1.29 is 4.79 Å². The van der Waals surface area contributed by atoms with Crippen molar-refractivity contribution in [3.8, 4) is 0 Å². The van der Waals surface area contributed by atoms with E-state index in [1.54, 1.807) is 23.9 Å². The van der Waals surface area contributed by atoms with Crippen molar-refractivity contribution >= 4 is 45.0 Å². The fourth-order valence-corrected chi connectivity index (χ4v) is 4.73. The molecule has 4 rings (SSSR count). The van der Waals surface area contributed by atoms with Gasteiger partial charge in [-0.15, -0.1) is 12.4 Å². The Bertz CT molecular complexity index is 1190. The lowest BCUT2D eigenvalue weighted by Gasteiger charge is -2.22. The quantitative estimate of drug-likeness (QED) is 0.301. The van der Waals surface area contributed by atoms with Crippen molar-refractivity contribution in [1.82, 2.24) is 14.5 Å². The van der Waals surface area contributed by atoms with Crippen molar-refractivity contribution in [3.05, 3.63) is 77.9 Å². The first-order valence-electron chi connectivity index (χ1n) is 11.1. The largest absolute Gasteiger partial charge is 0.337 e. The van der Waals surface area contributed by atoms with Gasteiger partial charge < -0.3 is 4.57 Å². The van der Waals surface area contributed by atoms with Gasteiger partial charge in [0.25, 0.3) is 5.91 Å². The zero-order valence-corrected chi connectivity index (χ0v) is 21.2. The molecule has 0 spiro atoms. The van der Waals surface area contributed by atoms with Gasteiger partial charge in [0.15, 0.2) is 5.13 Å². The van der Waals surface area contributed by atoms with Gasteiger partial charge in [0.1, 0.15) is 0 Å². The number of thiazole rings is 1. The number of fused-ring (bicyclic) bond motifs is 1. The van der Waals surface area contributed by atoms with Gasteiger partial charge in [0.05, 0.1) is 16.5 Å². The van der Waals surface area contributed by atoms with Gasteiger partial charge in [-0.25, -0.2) is 9.97 Å². The summed E-state index contributed by atoms with van der Waals surface area (Å²) >= 11 is 1.59. The van der Waals surface area contributed by atoms with E-state index in [4.69, 9.17) is 4.98 Å². The van der Waals surface area contributed by atoms with Gasteiger partial charge in [-0.1, -0.05) is 57.2 Å². The second kappa shape index (κ2) is 10.5. The number of carbonyl (C=O) groups excluding carboxylic acids is 1. The Morgan fingerprint density at radius 1 is 1.12 bits per heavy atom. The number of aryl methyl sites for hydroxylation is 2. The van der Waals surface area contributed by atoms with Crippen LogP contribution in [-0.4, -0.2) is 27.0 Å². The molecule has 4 aromatic rings. The van der Waals surface area contributed by atoms with Crippen LogP contribution in [0.1, 0.15) is 55.6 Å². The Kier molecular flexibility index (Phi) is 7.92. The molecule has 0 saturated carbocycles. The standard InChI is InChI=1S/C26H30N4OS.ClH/c1-5-19-7-12-22-23(17-19)32-25(28-22)30(15-6-14-29-16-13-27-18-29)24(31)20-8-10-21(11-9-20)26(2,3)4;/h7-13,16-18H,5-6,14-15H2,1-4H3;1H. The van der Waals surface area contributed by atoms with E-state index in [1.165, 1.54) is 11.1 Å². The molecule has 2 heterocycles. The van der Waals surface area contributed by atoms with Crippen molar-refractivity contribution in [2.24, 2.45) is 0 Å². The first kappa shape index (κ1) is 24.9. The van der Waals surface area contributed by atoms with E-state index in [2.05, 4.69) is 63.0 Å². The monoisotopic (exact) mass is 482 g/mol. The van der Waals surface area contributed by atoms with Crippen molar-refractivity contribution in [2.45, 2.75) is 52.5 Å². The number of amides is 1. The number of imidazole rings is 1. The van der Waals surface area contributed by atoms with Crippen LogP contribution in [0.15, 0.2) is 61.2 Å². The molecule has 2 aromatic heterocycles. The van der Waals surface area contributed by atoms with Gasteiger partial charge in [-0.2, -0.15) is 0 Å². The highest BCUT2D eigenvalue weighted by atomic mass is 35.5. The number of carbonyl (C=O) groups is 1. The molecule has 33 heavy (non-hydrogen) atoms. The van der Waals surface area contributed by atoms with Gasteiger partial charge in [-0.05, 0) is 53.6 Å². The average molecular weight is 483 g/mol. The summed E-state index contributed by atoms with van der Waals surface area (Å²) in [7, 11) is 0. The SMILES string of the molecule is CCc1ccc2nc(N(CCCn3ccnc3)C(=O)c3ccc(C(C)(C)C)cc3)sc2c1.Cl. The Balaban J connectivity index is 0.00000306. The molecule has 0 saturated heterocycles. The summed E-state index contributed by atoms with van der Waals surface area (Å²) in [6.07, 6.45) is 7.33. The number of rotatable bonds is 7. The van der Waals surface area contributed by atoms with Crippen LogP contribution in [0.3, 0.4) is 0 Å². The maximum Gasteiger partial charge on any atom is 0.260 e. The Morgan fingerprint density at radius 2 is 1.88 bits per heavy atom. The molecular weight excluding hydrogens is 452 g/mol. The molecule has 0 unspecified atom stereocenters. The minimum atomic E-state index is -0.00846. The predicted octanol–water partition coefficient (Wildman–Crippen LogP) is 6.51. The summed E-state index contributed by atoms with van der Waals surface area (Å²) in [5.41, 5.74) is 4.18. The van der Waals surface area contributed by atoms with Gasteiger partial charge in [0.2, 0.25) is 0 Å². The van der Waals surface area contributed by atoms with Gasteiger partial charge in [-0.3, -0.25) is 9.69 Å². The Labute approximate surface area is 205 Å². The summed E-state index contributed by atoms with van der Waals surface area (Å²) < 4.78 is 3.15. The molecule has 0 aliphatic rings. The first-order valence-corrected chi connectivity index (χ1v) is 11.9. The van der Waals surface area contributed by atoms with Crippen LogP contribution in [0.25, 0.3) is 10.2 Å². The molecule has 0 aliphatic heterocycles. The molecule has 0 fully saturated rings. The van der Waals surface area contributed by atoms with Crippen molar-refractivity contribution in [1.29, 1.82) is 0 Å². The van der Waals surface area contributed by atoms with E-state index in [0.29, 0.717) is 12.1 Å². The van der Waals surface area contributed by atoms with Crippen LogP contribution in [0.2, 0.25) is 0 Å². The lowest BCUT2D eigenvalue weighted by molar-refractivity contribution is 0.0986. The average Bonchev–Trinajstić information content (AvgIpc) is 3.45. The lowest BCUT2D eigenvalue weighted by atomic mass is 9.86. The molecule has 1 amide bonds.